The molecule has 1 saturated heterocycles. The molecule has 1 unspecified atom stereocenters. The number of nitrogen functional groups attached to an aromatic ring is 1. The summed E-state index contributed by atoms with van der Waals surface area (Å²) in [5.74, 6) is -0.489. The molecule has 0 bridgehead atoms. The number of carbonyl (C=O) groups is 1. The number of aromatic nitrogens is 1. The zero-order valence-corrected chi connectivity index (χ0v) is 10.4. The zero-order chi connectivity index (χ0) is 14.0. The number of nitrogens with zero attached hydrogens (tertiary/aromatic N) is 2. The molecular formula is C11H14N4O4. The summed E-state index contributed by atoms with van der Waals surface area (Å²) in [6, 6.07) is 1.20. The third-order valence-corrected chi connectivity index (χ3v) is 2.98. The summed E-state index contributed by atoms with van der Waals surface area (Å²) in [6.45, 7) is 2.76. The van der Waals surface area contributed by atoms with Crippen molar-refractivity contribution >= 4 is 17.4 Å². The van der Waals surface area contributed by atoms with Crippen LogP contribution < -0.4 is 11.1 Å². The molecule has 0 saturated carbocycles. The van der Waals surface area contributed by atoms with Crippen molar-refractivity contribution in [3.05, 3.63) is 27.9 Å². The Labute approximate surface area is 109 Å². The van der Waals surface area contributed by atoms with E-state index in [0.29, 0.717) is 19.6 Å². The highest BCUT2D eigenvalue weighted by molar-refractivity contribution is 5.99. The predicted molar refractivity (Wildman–Crippen MR) is 66.6 cm³/mol. The van der Waals surface area contributed by atoms with E-state index in [-0.39, 0.29) is 17.1 Å². The van der Waals surface area contributed by atoms with Gasteiger partial charge in [0.1, 0.15) is 17.6 Å². The molecule has 0 aliphatic carbocycles. The van der Waals surface area contributed by atoms with Gasteiger partial charge in [-0.05, 0) is 19.4 Å². The Morgan fingerprint density at radius 1 is 1.68 bits per heavy atom. The van der Waals surface area contributed by atoms with Gasteiger partial charge in [0, 0.05) is 6.61 Å². The molecule has 8 heteroatoms. The van der Waals surface area contributed by atoms with Crippen LogP contribution in [0.3, 0.4) is 0 Å². The molecule has 1 aromatic rings. The first-order chi connectivity index (χ1) is 8.91. The Hall–Kier alpha value is -2.22. The van der Waals surface area contributed by atoms with E-state index >= 15 is 0 Å². The van der Waals surface area contributed by atoms with E-state index in [1.54, 1.807) is 0 Å². The van der Waals surface area contributed by atoms with Crippen molar-refractivity contribution in [3.63, 3.8) is 0 Å². The fourth-order valence-electron chi connectivity index (χ4n) is 1.90. The molecule has 2 heterocycles. The van der Waals surface area contributed by atoms with Crippen molar-refractivity contribution in [2.75, 3.05) is 18.9 Å². The van der Waals surface area contributed by atoms with Crippen LogP contribution in [0.5, 0.6) is 0 Å². The molecule has 1 amide bonds. The number of pyridine rings is 1. The lowest BCUT2D eigenvalue weighted by molar-refractivity contribution is -0.385. The van der Waals surface area contributed by atoms with Crippen molar-refractivity contribution in [2.24, 2.45) is 0 Å². The summed E-state index contributed by atoms with van der Waals surface area (Å²) in [6.07, 6.45) is 1.64. The van der Waals surface area contributed by atoms with Crippen molar-refractivity contribution < 1.29 is 14.5 Å². The number of nitrogens with one attached hydrogen (secondary N) is 1. The first kappa shape index (κ1) is 13.2. The fraction of sp³-hybridized carbons (Fsp3) is 0.455. The van der Waals surface area contributed by atoms with Crippen LogP contribution in [0.15, 0.2) is 12.3 Å². The molecule has 0 aromatic carbocycles. The van der Waals surface area contributed by atoms with Crippen LogP contribution in [0.2, 0.25) is 0 Å². The van der Waals surface area contributed by atoms with Gasteiger partial charge in [0.2, 0.25) is 0 Å². The maximum Gasteiger partial charge on any atom is 0.300 e. The Balaban J connectivity index is 2.27. The second-order valence-corrected chi connectivity index (χ2v) is 4.70. The van der Waals surface area contributed by atoms with E-state index < -0.39 is 16.4 Å². The lowest BCUT2D eigenvalue weighted by Gasteiger charge is -2.23. The summed E-state index contributed by atoms with van der Waals surface area (Å²) in [5, 5.41) is 13.6. The van der Waals surface area contributed by atoms with Gasteiger partial charge in [0.15, 0.2) is 0 Å². The van der Waals surface area contributed by atoms with Gasteiger partial charge in [-0.25, -0.2) is 4.98 Å². The van der Waals surface area contributed by atoms with Crippen molar-refractivity contribution in [3.8, 4) is 0 Å². The van der Waals surface area contributed by atoms with Gasteiger partial charge in [-0.15, -0.1) is 0 Å². The fourth-order valence-corrected chi connectivity index (χ4v) is 1.90. The minimum absolute atomic E-state index is 0.0589. The Morgan fingerprint density at radius 3 is 3.00 bits per heavy atom. The number of ether oxygens (including phenoxy) is 1. The maximum absolute atomic E-state index is 12.1. The molecule has 1 atom stereocenters. The standard InChI is InChI=1S/C11H14N4O4/c1-11(2-3-19-6-11)14-10(16)7-4-9(12)13-5-8(7)15(17)18/h4-5H,2-3,6H2,1H3,(H2,12,13)(H,14,16). The third-order valence-electron chi connectivity index (χ3n) is 2.98. The average Bonchev–Trinajstić information content (AvgIpc) is 2.75. The highest BCUT2D eigenvalue weighted by atomic mass is 16.6. The summed E-state index contributed by atoms with van der Waals surface area (Å²) >= 11 is 0. The first-order valence-corrected chi connectivity index (χ1v) is 5.71. The van der Waals surface area contributed by atoms with Gasteiger partial charge < -0.3 is 15.8 Å². The molecule has 19 heavy (non-hydrogen) atoms. The van der Waals surface area contributed by atoms with Crippen LogP contribution >= 0.6 is 0 Å². The number of amides is 1. The van der Waals surface area contributed by atoms with E-state index in [4.69, 9.17) is 10.5 Å². The molecule has 1 aliphatic heterocycles. The van der Waals surface area contributed by atoms with Crippen LogP contribution in [-0.2, 0) is 4.74 Å². The topological polar surface area (TPSA) is 120 Å². The minimum Gasteiger partial charge on any atom is -0.384 e. The van der Waals surface area contributed by atoms with Gasteiger partial charge in [-0.1, -0.05) is 0 Å². The van der Waals surface area contributed by atoms with Crippen molar-refractivity contribution in [2.45, 2.75) is 18.9 Å². The van der Waals surface area contributed by atoms with Gasteiger partial charge >= 0.3 is 0 Å². The quantitative estimate of drug-likeness (QED) is 0.606. The predicted octanol–water partition coefficient (Wildman–Crippen LogP) is 0.481. The highest BCUT2D eigenvalue weighted by Crippen LogP contribution is 2.22. The summed E-state index contributed by atoms with van der Waals surface area (Å²) in [5.41, 5.74) is 4.50. The molecule has 1 aromatic heterocycles. The van der Waals surface area contributed by atoms with Crippen LogP contribution in [0, 0.1) is 10.1 Å². The summed E-state index contributed by atoms with van der Waals surface area (Å²) in [4.78, 5) is 26.0. The van der Waals surface area contributed by atoms with E-state index in [1.807, 2.05) is 6.92 Å². The number of anilines is 1. The number of carbonyl (C=O) groups excluding carboxylic acids is 1. The van der Waals surface area contributed by atoms with Crippen LogP contribution in [0.1, 0.15) is 23.7 Å². The monoisotopic (exact) mass is 266 g/mol. The van der Waals surface area contributed by atoms with Gasteiger partial charge in [0.25, 0.3) is 11.6 Å². The van der Waals surface area contributed by atoms with Crippen molar-refractivity contribution in [1.29, 1.82) is 0 Å². The summed E-state index contributed by atoms with van der Waals surface area (Å²) < 4.78 is 5.21. The zero-order valence-electron chi connectivity index (χ0n) is 10.4. The van der Waals surface area contributed by atoms with E-state index in [1.165, 1.54) is 6.07 Å². The average molecular weight is 266 g/mol. The Bertz CT molecular complexity index is 525. The normalized spacial score (nSPS) is 22.2. The second kappa shape index (κ2) is 4.81. The first-order valence-electron chi connectivity index (χ1n) is 5.71. The van der Waals surface area contributed by atoms with E-state index in [0.717, 1.165) is 6.20 Å². The molecule has 2 rings (SSSR count). The minimum atomic E-state index is -0.658. The van der Waals surface area contributed by atoms with Gasteiger partial charge in [-0.3, -0.25) is 14.9 Å². The second-order valence-electron chi connectivity index (χ2n) is 4.70. The van der Waals surface area contributed by atoms with Crippen LogP contribution in [-0.4, -0.2) is 34.6 Å². The van der Waals surface area contributed by atoms with E-state index in [9.17, 15) is 14.9 Å². The molecule has 102 valence electrons. The third kappa shape index (κ3) is 2.79. The molecule has 0 radical (unpaired) electrons. The molecule has 3 N–H and O–H groups in total. The smallest absolute Gasteiger partial charge is 0.300 e. The largest absolute Gasteiger partial charge is 0.384 e. The maximum atomic E-state index is 12.1. The molecule has 1 fully saturated rings. The van der Waals surface area contributed by atoms with Gasteiger partial charge in [-0.2, -0.15) is 0 Å². The van der Waals surface area contributed by atoms with Crippen LogP contribution in [0.4, 0.5) is 11.5 Å². The van der Waals surface area contributed by atoms with Crippen molar-refractivity contribution in [1.82, 2.24) is 10.3 Å². The molecule has 8 nitrogen and oxygen atoms in total. The molecule has 1 aliphatic rings. The SMILES string of the molecule is CC1(NC(=O)c2cc(N)ncc2[N+](=O)[O-])CCOC1. The number of hydrogen-bond acceptors (Lipinski definition) is 6. The number of hydrogen-bond donors (Lipinski definition) is 2. The highest BCUT2D eigenvalue weighted by Gasteiger charge is 2.33. The summed E-state index contributed by atoms with van der Waals surface area (Å²) in [7, 11) is 0. The molecule has 0 spiro atoms. The lowest BCUT2D eigenvalue weighted by Crippen LogP contribution is -2.46. The Kier molecular flexibility index (Phi) is 3.34. The van der Waals surface area contributed by atoms with E-state index in [2.05, 4.69) is 10.3 Å². The lowest BCUT2D eigenvalue weighted by atomic mass is 10.0. The van der Waals surface area contributed by atoms with Crippen LogP contribution in [0.25, 0.3) is 0 Å². The van der Waals surface area contributed by atoms with Gasteiger partial charge in [0.05, 0.1) is 17.1 Å². The number of nitro groups is 1. The number of nitrogens with two attached hydrogens (primary N) is 1. The number of rotatable bonds is 3. The molecular weight excluding hydrogens is 252 g/mol. The Morgan fingerprint density at radius 2 is 2.42 bits per heavy atom.